The van der Waals surface area contributed by atoms with E-state index in [0.29, 0.717) is 10.2 Å². The lowest BCUT2D eigenvalue weighted by atomic mass is 10.1. The van der Waals surface area contributed by atoms with Gasteiger partial charge in [0, 0.05) is 5.03 Å². The van der Waals surface area contributed by atoms with E-state index in [1.165, 1.54) is 0 Å². The number of ether oxygens (including phenoxy) is 1. The third-order valence-corrected chi connectivity index (χ3v) is 2.34. The van der Waals surface area contributed by atoms with Crippen LogP contribution in [-0.4, -0.2) is 17.0 Å². The third-order valence-electron chi connectivity index (χ3n) is 1.99. The summed E-state index contributed by atoms with van der Waals surface area (Å²) in [6.07, 6.45) is 0. The van der Waals surface area contributed by atoms with Crippen LogP contribution in [0.15, 0.2) is 41.9 Å². The largest absolute Gasteiger partial charge is 0.465 e. The average molecular weight is 333 g/mol. The van der Waals surface area contributed by atoms with Crippen molar-refractivity contribution in [3.05, 3.63) is 47.5 Å². The van der Waals surface area contributed by atoms with Crippen LogP contribution in [0.4, 0.5) is 4.79 Å². The van der Waals surface area contributed by atoms with Crippen LogP contribution in [0.2, 0.25) is 0 Å². The van der Waals surface area contributed by atoms with Gasteiger partial charge in [0.15, 0.2) is 0 Å². The minimum atomic E-state index is -0.639. The summed E-state index contributed by atoms with van der Waals surface area (Å²) in [7, 11) is 0. The minimum absolute atomic E-state index is 0.109. The van der Waals surface area contributed by atoms with Gasteiger partial charge in [-0.25, -0.2) is 0 Å². The number of thiol groups is 1. The molecule has 7 heteroatoms. The lowest BCUT2D eigenvalue weighted by molar-refractivity contribution is 0.267. The molecule has 0 aliphatic rings. The maximum atomic E-state index is 9.09. The van der Waals surface area contributed by atoms with Gasteiger partial charge in [-0.3, -0.25) is 4.79 Å². The van der Waals surface area contributed by atoms with Gasteiger partial charge < -0.3 is 15.8 Å². The Morgan fingerprint density at radius 1 is 1.55 bits per heavy atom. The van der Waals surface area contributed by atoms with Gasteiger partial charge in [-0.2, -0.15) is 0 Å². The summed E-state index contributed by atoms with van der Waals surface area (Å²) in [6, 6.07) is 10.1. The summed E-state index contributed by atoms with van der Waals surface area (Å²) in [6.45, 7) is 5.76. The number of rotatable bonds is 4. The van der Waals surface area contributed by atoms with Gasteiger partial charge >= 0.3 is 0 Å². The SMILES string of the molecule is C=C(Cl)COC(=S)NC(C)c1ccccc1.NC(=O)S. The number of nitrogens with one attached hydrogen (secondary N) is 1. The van der Waals surface area contributed by atoms with E-state index >= 15 is 0 Å². The van der Waals surface area contributed by atoms with Crippen molar-refractivity contribution < 1.29 is 9.53 Å². The summed E-state index contributed by atoms with van der Waals surface area (Å²) in [5, 5.41) is 3.18. The first-order chi connectivity index (χ1) is 9.32. The number of hydrogen-bond acceptors (Lipinski definition) is 3. The maximum Gasteiger partial charge on any atom is 0.273 e. The van der Waals surface area contributed by atoms with Crippen molar-refractivity contribution in [1.82, 2.24) is 5.32 Å². The predicted molar refractivity (Wildman–Crippen MR) is 90.1 cm³/mol. The Kier molecular flexibility index (Phi) is 9.88. The molecule has 1 rings (SSSR count). The quantitative estimate of drug-likeness (QED) is 0.584. The lowest BCUT2D eigenvalue weighted by Gasteiger charge is -2.16. The van der Waals surface area contributed by atoms with E-state index in [0.717, 1.165) is 5.56 Å². The summed E-state index contributed by atoms with van der Waals surface area (Å²) >= 11 is 13.7. The molecule has 0 aromatic heterocycles. The van der Waals surface area contributed by atoms with E-state index in [-0.39, 0.29) is 12.6 Å². The Balaban J connectivity index is 0.000000796. The van der Waals surface area contributed by atoms with Crippen molar-refractivity contribution in [3.8, 4) is 0 Å². The second kappa shape index (κ2) is 10.5. The molecule has 110 valence electrons. The average Bonchev–Trinajstić information content (AvgIpc) is 2.36. The molecule has 0 radical (unpaired) electrons. The second-order valence-corrected chi connectivity index (χ2v) is 5.05. The van der Waals surface area contributed by atoms with Crippen molar-refractivity contribution >= 4 is 46.9 Å². The summed E-state index contributed by atoms with van der Waals surface area (Å²) in [5.74, 6) is 0. The van der Waals surface area contributed by atoms with Crippen molar-refractivity contribution in [3.63, 3.8) is 0 Å². The number of thiocarbonyl (C=S) groups is 1. The first kappa shape index (κ1) is 18.8. The molecule has 0 saturated heterocycles. The minimum Gasteiger partial charge on any atom is -0.465 e. The van der Waals surface area contributed by atoms with Gasteiger partial charge in [-0.1, -0.05) is 61.1 Å². The van der Waals surface area contributed by atoms with Crippen LogP contribution in [0.3, 0.4) is 0 Å². The van der Waals surface area contributed by atoms with Gasteiger partial charge in [0.2, 0.25) is 0 Å². The van der Waals surface area contributed by atoms with Crippen LogP contribution in [0.25, 0.3) is 0 Å². The Bertz CT molecular complexity index is 451. The van der Waals surface area contributed by atoms with Crippen LogP contribution >= 0.6 is 36.4 Å². The number of halogens is 1. The fraction of sp³-hybridized carbons (Fsp3) is 0.231. The highest BCUT2D eigenvalue weighted by Gasteiger charge is 2.06. The van der Waals surface area contributed by atoms with Gasteiger partial charge in [0.25, 0.3) is 10.4 Å². The van der Waals surface area contributed by atoms with E-state index in [4.69, 9.17) is 33.4 Å². The van der Waals surface area contributed by atoms with Crippen LogP contribution in [0, 0.1) is 0 Å². The number of carbonyl (C=O) groups excluding carboxylic acids is 1. The molecule has 1 aromatic carbocycles. The number of carbonyl (C=O) groups is 1. The number of hydrogen-bond donors (Lipinski definition) is 3. The number of nitrogens with two attached hydrogens (primary N) is 1. The van der Waals surface area contributed by atoms with Gasteiger partial charge in [0.05, 0.1) is 6.04 Å². The second-order valence-electron chi connectivity index (χ2n) is 3.71. The zero-order chi connectivity index (χ0) is 15.5. The monoisotopic (exact) mass is 332 g/mol. The maximum absolute atomic E-state index is 9.09. The predicted octanol–water partition coefficient (Wildman–Crippen LogP) is 3.39. The molecule has 0 heterocycles. The molecule has 0 spiro atoms. The molecule has 20 heavy (non-hydrogen) atoms. The molecule has 4 nitrogen and oxygen atoms in total. The normalized spacial score (nSPS) is 10.6. The molecule has 0 aliphatic carbocycles. The van der Waals surface area contributed by atoms with Gasteiger partial charge in [-0.05, 0) is 24.7 Å². The highest BCUT2D eigenvalue weighted by molar-refractivity contribution is 7.96. The van der Waals surface area contributed by atoms with Crippen LogP contribution < -0.4 is 11.1 Å². The van der Waals surface area contributed by atoms with Gasteiger partial charge in [-0.15, -0.1) is 0 Å². The highest BCUT2D eigenvalue weighted by Crippen LogP contribution is 2.11. The van der Waals surface area contributed by atoms with Crippen LogP contribution in [0.5, 0.6) is 0 Å². The Hall–Kier alpha value is -1.24. The molecule has 1 aromatic rings. The van der Waals surface area contributed by atoms with Crippen LogP contribution in [-0.2, 0) is 4.74 Å². The lowest BCUT2D eigenvalue weighted by Crippen LogP contribution is -2.27. The molecule has 0 bridgehead atoms. The molecule has 0 fully saturated rings. The molecular weight excluding hydrogens is 316 g/mol. The molecule has 1 amide bonds. The fourth-order valence-corrected chi connectivity index (χ4v) is 1.48. The standard InChI is InChI=1S/C12H14ClNOS.CH3NOS/c1-9(13)8-15-12(16)14-10(2)11-6-4-3-5-7-11;2-1(3)4/h3-7,10H,1,8H2,2H3,(H,14,16);(H3,2,3,4). The molecule has 3 N–H and O–H groups in total. The van der Waals surface area contributed by atoms with E-state index in [9.17, 15) is 0 Å². The van der Waals surface area contributed by atoms with E-state index in [1.807, 2.05) is 37.3 Å². The Morgan fingerprint density at radius 3 is 2.50 bits per heavy atom. The fourth-order valence-electron chi connectivity index (χ4n) is 1.19. The molecule has 1 atom stereocenters. The number of amides is 1. The van der Waals surface area contributed by atoms with Crippen LogP contribution in [0.1, 0.15) is 18.5 Å². The molecule has 0 saturated carbocycles. The zero-order valence-electron chi connectivity index (χ0n) is 11.0. The smallest absolute Gasteiger partial charge is 0.273 e. The third kappa shape index (κ3) is 10.7. The highest BCUT2D eigenvalue weighted by atomic mass is 35.5. The molecular formula is C13H17ClN2O2S2. The van der Waals surface area contributed by atoms with E-state index in [1.54, 1.807) is 0 Å². The van der Waals surface area contributed by atoms with Crippen molar-refractivity contribution in [2.45, 2.75) is 13.0 Å². The topological polar surface area (TPSA) is 64.3 Å². The first-order valence-electron chi connectivity index (χ1n) is 5.62. The Labute approximate surface area is 134 Å². The Morgan fingerprint density at radius 2 is 2.05 bits per heavy atom. The molecule has 1 unspecified atom stereocenters. The van der Waals surface area contributed by atoms with Crippen molar-refractivity contribution in [1.29, 1.82) is 0 Å². The van der Waals surface area contributed by atoms with Gasteiger partial charge in [0.1, 0.15) is 6.61 Å². The first-order valence-corrected chi connectivity index (χ1v) is 6.86. The number of benzene rings is 1. The molecule has 0 aliphatic heterocycles. The zero-order valence-corrected chi connectivity index (χ0v) is 13.5. The summed E-state index contributed by atoms with van der Waals surface area (Å²) in [5.41, 5.74) is 5.49. The summed E-state index contributed by atoms with van der Waals surface area (Å²) in [4.78, 5) is 9.09. The summed E-state index contributed by atoms with van der Waals surface area (Å²) < 4.78 is 5.18. The van der Waals surface area contributed by atoms with E-state index in [2.05, 4.69) is 30.3 Å². The number of primary amides is 1. The van der Waals surface area contributed by atoms with Crippen molar-refractivity contribution in [2.24, 2.45) is 5.73 Å². The van der Waals surface area contributed by atoms with E-state index < -0.39 is 5.24 Å². The van der Waals surface area contributed by atoms with Crippen molar-refractivity contribution in [2.75, 3.05) is 6.61 Å².